The Balaban J connectivity index is 2.94. The van der Waals surface area contributed by atoms with E-state index in [9.17, 15) is 14.9 Å². The molecule has 0 aliphatic carbocycles. The van der Waals surface area contributed by atoms with E-state index in [1.54, 1.807) is 12.1 Å². The van der Waals surface area contributed by atoms with Gasteiger partial charge in [0, 0.05) is 25.2 Å². The molecule has 0 bridgehead atoms. The Bertz CT molecular complexity index is 624. The fourth-order valence-electron chi connectivity index (χ4n) is 2.43. The van der Waals surface area contributed by atoms with Crippen molar-refractivity contribution in [3.8, 4) is 0 Å². The Morgan fingerprint density at radius 2 is 2.08 bits per heavy atom. The highest BCUT2D eigenvalue weighted by Gasteiger charge is 2.21. The third kappa shape index (κ3) is 6.37. The smallest absolute Gasteiger partial charge is 0.330 e. The SMILES string of the molecule is COC(=O)C=Cc1ccc(NCC(C)(C)CN(C)C)c([N+](=O)[O-])c1. The highest BCUT2D eigenvalue weighted by molar-refractivity contribution is 5.87. The molecule has 0 unspecified atom stereocenters. The highest BCUT2D eigenvalue weighted by Crippen LogP contribution is 2.28. The number of nitro groups is 1. The fourth-order valence-corrected chi connectivity index (χ4v) is 2.43. The summed E-state index contributed by atoms with van der Waals surface area (Å²) < 4.78 is 4.51. The molecule has 7 nitrogen and oxygen atoms in total. The zero-order valence-corrected chi connectivity index (χ0v) is 14.8. The highest BCUT2D eigenvalue weighted by atomic mass is 16.6. The van der Waals surface area contributed by atoms with Gasteiger partial charge in [0.15, 0.2) is 0 Å². The third-order valence-corrected chi connectivity index (χ3v) is 3.33. The van der Waals surface area contributed by atoms with Gasteiger partial charge in [-0.25, -0.2) is 4.79 Å². The van der Waals surface area contributed by atoms with Crippen LogP contribution in [0.4, 0.5) is 11.4 Å². The first-order chi connectivity index (χ1) is 11.1. The van der Waals surface area contributed by atoms with Crippen LogP contribution in [0.3, 0.4) is 0 Å². The molecule has 0 aromatic heterocycles. The molecular formula is C17H25N3O4. The monoisotopic (exact) mass is 335 g/mol. The molecule has 0 spiro atoms. The second-order valence-electron chi connectivity index (χ2n) is 6.65. The maximum atomic E-state index is 11.3. The van der Waals surface area contributed by atoms with E-state index < -0.39 is 10.9 Å². The predicted molar refractivity (Wildman–Crippen MR) is 95.0 cm³/mol. The molecule has 1 N–H and O–H groups in total. The van der Waals surface area contributed by atoms with Crippen LogP contribution in [0.1, 0.15) is 19.4 Å². The summed E-state index contributed by atoms with van der Waals surface area (Å²) in [5.41, 5.74) is 0.954. The van der Waals surface area contributed by atoms with E-state index in [1.165, 1.54) is 25.3 Å². The van der Waals surface area contributed by atoms with Crippen LogP contribution in [0.5, 0.6) is 0 Å². The van der Waals surface area contributed by atoms with Crippen LogP contribution in [0, 0.1) is 15.5 Å². The van der Waals surface area contributed by atoms with E-state index in [4.69, 9.17) is 0 Å². The van der Waals surface area contributed by atoms with Crippen molar-refractivity contribution in [2.24, 2.45) is 5.41 Å². The number of nitrogens with zero attached hydrogens (tertiary/aromatic N) is 2. The van der Waals surface area contributed by atoms with E-state index in [0.717, 1.165) is 6.54 Å². The maximum Gasteiger partial charge on any atom is 0.330 e. The molecular weight excluding hydrogens is 310 g/mol. The summed E-state index contributed by atoms with van der Waals surface area (Å²) in [5.74, 6) is -0.509. The van der Waals surface area contributed by atoms with Crippen LogP contribution < -0.4 is 5.32 Å². The second-order valence-corrected chi connectivity index (χ2v) is 6.65. The minimum absolute atomic E-state index is 0.0253. The molecule has 24 heavy (non-hydrogen) atoms. The zero-order chi connectivity index (χ0) is 18.3. The molecule has 0 saturated heterocycles. The lowest BCUT2D eigenvalue weighted by molar-refractivity contribution is -0.384. The molecule has 1 aromatic rings. The minimum Gasteiger partial charge on any atom is -0.466 e. The van der Waals surface area contributed by atoms with Crippen LogP contribution in [0.2, 0.25) is 0 Å². The van der Waals surface area contributed by atoms with E-state index in [2.05, 4.69) is 28.8 Å². The summed E-state index contributed by atoms with van der Waals surface area (Å²) in [7, 11) is 5.26. The Labute approximate surface area is 142 Å². The van der Waals surface area contributed by atoms with Gasteiger partial charge in [-0.1, -0.05) is 19.9 Å². The molecule has 0 aliphatic heterocycles. The maximum absolute atomic E-state index is 11.3. The van der Waals surface area contributed by atoms with Crippen LogP contribution in [0.15, 0.2) is 24.3 Å². The number of hydrogen-bond donors (Lipinski definition) is 1. The van der Waals surface area contributed by atoms with Crippen molar-refractivity contribution in [3.05, 3.63) is 40.0 Å². The Morgan fingerprint density at radius 3 is 2.62 bits per heavy atom. The predicted octanol–water partition coefficient (Wildman–Crippen LogP) is 2.78. The van der Waals surface area contributed by atoms with Gasteiger partial charge in [0.25, 0.3) is 5.69 Å². The number of nitro benzene ring substituents is 1. The van der Waals surface area contributed by atoms with Gasteiger partial charge in [0.05, 0.1) is 12.0 Å². The van der Waals surface area contributed by atoms with Crippen molar-refractivity contribution >= 4 is 23.4 Å². The van der Waals surface area contributed by atoms with Crippen molar-refractivity contribution < 1.29 is 14.5 Å². The molecule has 0 saturated carbocycles. The van der Waals surface area contributed by atoms with Crippen molar-refractivity contribution in [1.82, 2.24) is 4.90 Å². The summed E-state index contributed by atoms with van der Waals surface area (Å²) in [6, 6.07) is 4.80. The van der Waals surface area contributed by atoms with Crippen molar-refractivity contribution in [2.75, 3.05) is 39.6 Å². The van der Waals surface area contributed by atoms with Gasteiger partial charge >= 0.3 is 5.97 Å². The number of anilines is 1. The summed E-state index contributed by atoms with van der Waals surface area (Å²) in [6.45, 7) is 5.65. The largest absolute Gasteiger partial charge is 0.466 e. The van der Waals surface area contributed by atoms with Gasteiger partial charge in [-0.3, -0.25) is 10.1 Å². The number of carbonyl (C=O) groups excluding carboxylic acids is 1. The first kappa shape index (κ1) is 19.6. The molecule has 0 fully saturated rings. The Kier molecular flexibility index (Phi) is 6.91. The van der Waals surface area contributed by atoms with E-state index in [1.807, 2.05) is 14.1 Å². The molecule has 0 heterocycles. The zero-order valence-electron chi connectivity index (χ0n) is 14.8. The molecule has 0 atom stereocenters. The third-order valence-electron chi connectivity index (χ3n) is 3.33. The van der Waals surface area contributed by atoms with Gasteiger partial charge in [0.1, 0.15) is 5.69 Å². The average molecular weight is 335 g/mol. The number of methoxy groups -OCH3 is 1. The topological polar surface area (TPSA) is 84.7 Å². The standard InChI is InChI=1S/C17H25N3O4/c1-17(2,12-19(3)4)11-18-14-8-6-13(7-9-16(21)24-5)10-15(14)20(22)23/h6-10,18H,11-12H2,1-5H3. The number of ether oxygens (including phenoxy) is 1. The molecule has 1 rings (SSSR count). The normalized spacial score (nSPS) is 11.8. The lowest BCUT2D eigenvalue weighted by Crippen LogP contribution is -2.34. The molecule has 7 heteroatoms. The number of esters is 1. The van der Waals surface area contributed by atoms with E-state index in [0.29, 0.717) is 17.8 Å². The van der Waals surface area contributed by atoms with Gasteiger partial charge < -0.3 is 15.0 Å². The van der Waals surface area contributed by atoms with E-state index in [-0.39, 0.29) is 11.1 Å². The minimum atomic E-state index is -0.509. The number of benzene rings is 1. The first-order valence-electron chi connectivity index (χ1n) is 7.58. The van der Waals surface area contributed by atoms with Gasteiger partial charge in [-0.05, 0) is 37.2 Å². The number of nitrogens with one attached hydrogen (secondary N) is 1. The molecule has 0 amide bonds. The van der Waals surface area contributed by atoms with Crippen LogP contribution in [0.25, 0.3) is 6.08 Å². The quantitative estimate of drug-likeness (QED) is 0.340. The Morgan fingerprint density at radius 1 is 1.42 bits per heavy atom. The summed E-state index contributed by atoms with van der Waals surface area (Å²) in [6.07, 6.45) is 2.71. The Hall–Kier alpha value is -2.41. The first-order valence-corrected chi connectivity index (χ1v) is 7.58. The van der Waals surface area contributed by atoms with Gasteiger partial charge in [0.2, 0.25) is 0 Å². The van der Waals surface area contributed by atoms with Gasteiger partial charge in [-0.15, -0.1) is 0 Å². The summed E-state index contributed by atoms with van der Waals surface area (Å²) >= 11 is 0. The van der Waals surface area contributed by atoms with Crippen LogP contribution >= 0.6 is 0 Å². The molecule has 1 aromatic carbocycles. The average Bonchev–Trinajstić information content (AvgIpc) is 2.49. The number of hydrogen-bond acceptors (Lipinski definition) is 6. The fraction of sp³-hybridized carbons (Fsp3) is 0.471. The van der Waals surface area contributed by atoms with Gasteiger partial charge in [-0.2, -0.15) is 0 Å². The van der Waals surface area contributed by atoms with Crippen molar-refractivity contribution in [3.63, 3.8) is 0 Å². The number of carbonyl (C=O) groups is 1. The lowest BCUT2D eigenvalue weighted by atomic mass is 9.93. The summed E-state index contributed by atoms with van der Waals surface area (Å²) in [5, 5.41) is 14.5. The molecule has 0 aliphatic rings. The molecule has 132 valence electrons. The second kappa shape index (κ2) is 8.44. The number of rotatable bonds is 8. The van der Waals surface area contributed by atoms with Crippen LogP contribution in [-0.4, -0.2) is 50.1 Å². The molecule has 0 radical (unpaired) electrons. The summed E-state index contributed by atoms with van der Waals surface area (Å²) in [4.78, 5) is 24.1. The van der Waals surface area contributed by atoms with E-state index >= 15 is 0 Å². The van der Waals surface area contributed by atoms with Crippen LogP contribution in [-0.2, 0) is 9.53 Å². The van der Waals surface area contributed by atoms with Crippen molar-refractivity contribution in [2.45, 2.75) is 13.8 Å². The lowest BCUT2D eigenvalue weighted by Gasteiger charge is -2.28. The van der Waals surface area contributed by atoms with Crippen molar-refractivity contribution in [1.29, 1.82) is 0 Å².